The average molecular weight is 516 g/mol. The van der Waals surface area contributed by atoms with Crippen molar-refractivity contribution in [3.63, 3.8) is 0 Å². The fraction of sp³-hybridized carbons (Fsp3) is 0.194. The summed E-state index contributed by atoms with van der Waals surface area (Å²) in [6.07, 6.45) is 6.45. The number of nitrogens with zero attached hydrogens (tertiary/aromatic N) is 4. The van der Waals surface area contributed by atoms with Gasteiger partial charge in [-0.2, -0.15) is 5.10 Å². The highest BCUT2D eigenvalue weighted by atomic mass is 16.3. The van der Waals surface area contributed by atoms with Crippen molar-refractivity contribution in [1.82, 2.24) is 25.1 Å². The summed E-state index contributed by atoms with van der Waals surface area (Å²) in [5.41, 5.74) is 8.37. The van der Waals surface area contributed by atoms with Gasteiger partial charge in [0.1, 0.15) is 11.2 Å². The van der Waals surface area contributed by atoms with Crippen molar-refractivity contribution in [2.45, 2.75) is 25.5 Å². The fourth-order valence-electron chi connectivity index (χ4n) is 5.45. The lowest BCUT2D eigenvalue weighted by Gasteiger charge is -2.28. The topological polar surface area (TPSA) is 106 Å². The van der Waals surface area contributed by atoms with Gasteiger partial charge in [-0.1, -0.05) is 42.5 Å². The third-order valence-electron chi connectivity index (χ3n) is 7.47. The Hall–Kier alpha value is -4.69. The van der Waals surface area contributed by atoms with Crippen LogP contribution in [0.15, 0.2) is 85.2 Å². The SMILES string of the molecule is OC(Nc1cncc(-c2ccc3[nH]nc(-c4nc5c(N6CCCCC6)cccc5[nH]4)c3c2)c1)c1ccccc1. The van der Waals surface area contributed by atoms with Gasteiger partial charge in [0, 0.05) is 35.8 Å². The molecular formula is C31H29N7O. The van der Waals surface area contributed by atoms with Gasteiger partial charge in [-0.05, 0) is 55.2 Å². The molecule has 194 valence electrons. The molecule has 0 amide bonds. The number of aliphatic hydroxyl groups is 1. The first-order valence-corrected chi connectivity index (χ1v) is 13.4. The van der Waals surface area contributed by atoms with Gasteiger partial charge >= 0.3 is 0 Å². The number of anilines is 2. The number of nitrogens with one attached hydrogen (secondary N) is 3. The minimum absolute atomic E-state index is 0.735. The van der Waals surface area contributed by atoms with E-state index in [1.165, 1.54) is 24.9 Å². The zero-order valence-corrected chi connectivity index (χ0v) is 21.4. The minimum Gasteiger partial charge on any atom is -0.370 e. The number of hydrogen-bond donors (Lipinski definition) is 4. The molecule has 6 aromatic rings. The molecule has 4 N–H and O–H groups in total. The second-order valence-electron chi connectivity index (χ2n) is 10.1. The van der Waals surface area contributed by atoms with E-state index in [1.54, 1.807) is 6.20 Å². The normalized spacial score (nSPS) is 14.6. The van der Waals surface area contributed by atoms with Gasteiger partial charge in [-0.15, -0.1) is 0 Å². The van der Waals surface area contributed by atoms with Gasteiger partial charge in [0.15, 0.2) is 12.1 Å². The second kappa shape index (κ2) is 9.89. The first-order valence-electron chi connectivity index (χ1n) is 13.4. The summed E-state index contributed by atoms with van der Waals surface area (Å²) in [6, 6.07) is 24.0. The molecule has 7 rings (SSSR count). The average Bonchev–Trinajstić information content (AvgIpc) is 3.62. The number of imidazole rings is 1. The third kappa shape index (κ3) is 4.49. The summed E-state index contributed by atoms with van der Waals surface area (Å²) in [7, 11) is 0. The minimum atomic E-state index is -0.825. The van der Waals surface area contributed by atoms with Gasteiger partial charge in [0.2, 0.25) is 0 Å². The third-order valence-corrected chi connectivity index (χ3v) is 7.47. The largest absolute Gasteiger partial charge is 0.370 e. The van der Waals surface area contributed by atoms with Crippen molar-refractivity contribution in [2.24, 2.45) is 0 Å². The molecule has 1 aliphatic rings. The molecular weight excluding hydrogens is 486 g/mol. The molecule has 8 nitrogen and oxygen atoms in total. The van der Waals surface area contributed by atoms with E-state index in [9.17, 15) is 5.11 Å². The van der Waals surface area contributed by atoms with Crippen LogP contribution in [0.4, 0.5) is 11.4 Å². The van der Waals surface area contributed by atoms with E-state index in [-0.39, 0.29) is 0 Å². The Kier molecular flexibility index (Phi) is 5.94. The number of fused-ring (bicyclic) bond motifs is 2. The Balaban J connectivity index is 1.22. The van der Waals surface area contributed by atoms with Gasteiger partial charge < -0.3 is 20.3 Å². The summed E-state index contributed by atoms with van der Waals surface area (Å²) in [5, 5.41) is 22.5. The number of benzene rings is 3. The highest BCUT2D eigenvalue weighted by Gasteiger charge is 2.19. The standard InChI is InChI=1S/C31H29N7O/c39-31(20-8-3-1-4-9-20)33-23-16-22(18-32-19-23)21-12-13-25-24(17-21)28(37-36-25)30-34-26-10-7-11-27(29(26)35-30)38-14-5-2-6-15-38/h1,3-4,7-13,16-19,31,33,39H,2,5-6,14-15H2,(H,34,35)(H,36,37). The van der Waals surface area contributed by atoms with Crippen molar-refractivity contribution in [1.29, 1.82) is 0 Å². The maximum Gasteiger partial charge on any atom is 0.159 e. The van der Waals surface area contributed by atoms with Gasteiger partial charge in [-0.25, -0.2) is 4.98 Å². The van der Waals surface area contributed by atoms with Crippen molar-refractivity contribution in [3.05, 3.63) is 90.8 Å². The number of piperidine rings is 1. The molecule has 1 atom stereocenters. The predicted molar refractivity (Wildman–Crippen MR) is 156 cm³/mol. The summed E-state index contributed by atoms with van der Waals surface area (Å²) >= 11 is 0. The lowest BCUT2D eigenvalue weighted by molar-refractivity contribution is 0.208. The molecule has 0 saturated carbocycles. The van der Waals surface area contributed by atoms with Crippen LogP contribution < -0.4 is 10.2 Å². The maximum atomic E-state index is 10.6. The molecule has 4 heterocycles. The van der Waals surface area contributed by atoms with E-state index in [0.717, 1.165) is 68.9 Å². The number of hydrogen-bond acceptors (Lipinski definition) is 6. The molecule has 1 saturated heterocycles. The molecule has 1 fully saturated rings. The molecule has 39 heavy (non-hydrogen) atoms. The maximum absolute atomic E-state index is 10.6. The number of rotatable bonds is 6. The van der Waals surface area contributed by atoms with Crippen LogP contribution in [0.2, 0.25) is 0 Å². The predicted octanol–water partition coefficient (Wildman–Crippen LogP) is 6.26. The van der Waals surface area contributed by atoms with Crippen molar-refractivity contribution >= 4 is 33.3 Å². The van der Waals surface area contributed by atoms with E-state index in [0.29, 0.717) is 0 Å². The number of aromatic amines is 2. The van der Waals surface area contributed by atoms with Crippen LogP contribution in [0.5, 0.6) is 0 Å². The van der Waals surface area contributed by atoms with Gasteiger partial charge in [-0.3, -0.25) is 10.1 Å². The summed E-state index contributed by atoms with van der Waals surface area (Å²) < 4.78 is 0. The van der Waals surface area contributed by atoms with E-state index in [2.05, 4.69) is 54.6 Å². The molecule has 0 aliphatic carbocycles. The van der Waals surface area contributed by atoms with E-state index < -0.39 is 6.23 Å². The molecule has 8 heteroatoms. The van der Waals surface area contributed by atoms with Crippen LogP contribution in [0, 0.1) is 0 Å². The number of aliphatic hydroxyl groups excluding tert-OH is 1. The lowest BCUT2D eigenvalue weighted by Crippen LogP contribution is -2.29. The first-order chi connectivity index (χ1) is 19.2. The Morgan fingerprint density at radius 2 is 1.72 bits per heavy atom. The number of pyridine rings is 1. The van der Waals surface area contributed by atoms with Crippen LogP contribution in [-0.2, 0) is 0 Å². The first kappa shape index (κ1) is 23.4. The van der Waals surface area contributed by atoms with Crippen molar-refractivity contribution < 1.29 is 5.11 Å². The van der Waals surface area contributed by atoms with Crippen molar-refractivity contribution in [2.75, 3.05) is 23.3 Å². The molecule has 1 aliphatic heterocycles. The van der Waals surface area contributed by atoms with Crippen LogP contribution in [0.1, 0.15) is 31.1 Å². The van der Waals surface area contributed by atoms with Crippen LogP contribution >= 0.6 is 0 Å². The Bertz CT molecular complexity index is 1750. The van der Waals surface area contributed by atoms with Gasteiger partial charge in [0.05, 0.1) is 28.6 Å². The van der Waals surface area contributed by atoms with Crippen LogP contribution in [0.3, 0.4) is 0 Å². The lowest BCUT2D eigenvalue weighted by atomic mass is 10.0. The highest BCUT2D eigenvalue weighted by molar-refractivity contribution is 5.97. The van der Waals surface area contributed by atoms with E-state index in [4.69, 9.17) is 4.98 Å². The fourth-order valence-corrected chi connectivity index (χ4v) is 5.45. The quantitative estimate of drug-likeness (QED) is 0.195. The monoisotopic (exact) mass is 515 g/mol. The Morgan fingerprint density at radius 1 is 0.846 bits per heavy atom. The van der Waals surface area contributed by atoms with E-state index >= 15 is 0 Å². The Labute approximate surface area is 225 Å². The highest BCUT2D eigenvalue weighted by Crippen LogP contribution is 2.34. The van der Waals surface area contributed by atoms with Crippen molar-refractivity contribution in [3.8, 4) is 22.6 Å². The number of aromatic nitrogens is 5. The number of para-hydroxylation sites is 1. The van der Waals surface area contributed by atoms with Gasteiger partial charge in [0.25, 0.3) is 0 Å². The summed E-state index contributed by atoms with van der Waals surface area (Å²) in [5.74, 6) is 0.748. The van der Waals surface area contributed by atoms with Crippen LogP contribution in [0.25, 0.3) is 44.6 Å². The molecule has 0 spiro atoms. The second-order valence-corrected chi connectivity index (χ2v) is 10.1. The van der Waals surface area contributed by atoms with E-state index in [1.807, 2.05) is 54.7 Å². The molecule has 3 aromatic heterocycles. The molecule has 0 bridgehead atoms. The summed E-state index contributed by atoms with van der Waals surface area (Å²) in [6.45, 7) is 2.14. The Morgan fingerprint density at radius 3 is 2.59 bits per heavy atom. The molecule has 1 unspecified atom stereocenters. The summed E-state index contributed by atoms with van der Waals surface area (Å²) in [4.78, 5) is 15.4. The number of H-pyrrole nitrogens is 2. The zero-order valence-electron chi connectivity index (χ0n) is 21.4. The molecule has 3 aromatic carbocycles. The smallest absolute Gasteiger partial charge is 0.159 e. The molecule has 0 radical (unpaired) electrons. The zero-order chi connectivity index (χ0) is 26.2. The van der Waals surface area contributed by atoms with Crippen LogP contribution in [-0.4, -0.2) is 43.3 Å².